The Bertz CT molecular complexity index is 366. The Morgan fingerprint density at radius 1 is 1.56 bits per heavy atom. The number of aromatic nitrogens is 1. The van der Waals surface area contributed by atoms with Crippen molar-refractivity contribution in [2.75, 3.05) is 6.54 Å². The molecule has 0 amide bonds. The molecule has 1 N–H and O–H groups in total. The first kappa shape index (κ1) is 11.9. The van der Waals surface area contributed by atoms with Crippen molar-refractivity contribution in [1.82, 2.24) is 10.3 Å². The van der Waals surface area contributed by atoms with Gasteiger partial charge in [-0.1, -0.05) is 6.92 Å². The van der Waals surface area contributed by atoms with E-state index in [-0.39, 0.29) is 5.54 Å². The van der Waals surface area contributed by atoms with Crippen LogP contribution in [0.5, 0.6) is 0 Å². The fourth-order valence-corrected chi connectivity index (χ4v) is 3.17. The van der Waals surface area contributed by atoms with E-state index in [1.807, 2.05) is 6.92 Å². The molecule has 0 aromatic carbocycles. The number of hydrogen-bond acceptors (Lipinski definition) is 3. The molecule has 1 atom stereocenters. The second kappa shape index (κ2) is 4.00. The van der Waals surface area contributed by atoms with Gasteiger partial charge in [0, 0.05) is 11.1 Å². The van der Waals surface area contributed by atoms with Crippen LogP contribution in [0.25, 0.3) is 0 Å². The highest BCUT2D eigenvalue weighted by molar-refractivity contribution is 7.11. The number of alkyl halides is 3. The van der Waals surface area contributed by atoms with Gasteiger partial charge in [-0.15, -0.1) is 11.3 Å². The van der Waals surface area contributed by atoms with Crippen LogP contribution in [0.2, 0.25) is 0 Å². The van der Waals surface area contributed by atoms with Gasteiger partial charge in [-0.2, -0.15) is 13.2 Å². The third kappa shape index (κ3) is 1.96. The van der Waals surface area contributed by atoms with Crippen molar-refractivity contribution in [2.24, 2.45) is 0 Å². The van der Waals surface area contributed by atoms with Crippen LogP contribution in [0.15, 0.2) is 6.20 Å². The molecule has 2 heterocycles. The first-order valence-electron chi connectivity index (χ1n) is 5.26. The molecule has 0 aliphatic carbocycles. The second-order valence-corrected chi connectivity index (χ2v) is 5.02. The van der Waals surface area contributed by atoms with Gasteiger partial charge in [0.2, 0.25) is 0 Å². The second-order valence-electron chi connectivity index (χ2n) is 3.99. The SMILES string of the molecule is CCC1(c2cnc(C(F)(F)F)s2)CCCN1. The summed E-state index contributed by atoms with van der Waals surface area (Å²) in [6.45, 7) is 2.86. The summed E-state index contributed by atoms with van der Waals surface area (Å²) in [7, 11) is 0. The Morgan fingerprint density at radius 2 is 2.31 bits per heavy atom. The lowest BCUT2D eigenvalue weighted by Crippen LogP contribution is -2.35. The predicted octanol–water partition coefficient (Wildman–Crippen LogP) is 3.15. The topological polar surface area (TPSA) is 24.9 Å². The molecule has 6 heteroatoms. The molecule has 1 aromatic rings. The number of nitrogens with zero attached hydrogens (tertiary/aromatic N) is 1. The Hall–Kier alpha value is -0.620. The van der Waals surface area contributed by atoms with E-state index in [4.69, 9.17) is 0 Å². The van der Waals surface area contributed by atoms with Crippen molar-refractivity contribution in [2.45, 2.75) is 37.9 Å². The molecule has 2 rings (SSSR count). The Morgan fingerprint density at radius 3 is 2.75 bits per heavy atom. The minimum atomic E-state index is -4.32. The largest absolute Gasteiger partial charge is 0.443 e. The van der Waals surface area contributed by atoms with E-state index in [1.54, 1.807) is 0 Å². The van der Waals surface area contributed by atoms with Gasteiger partial charge in [0.05, 0.1) is 5.54 Å². The highest BCUT2D eigenvalue weighted by Gasteiger charge is 2.40. The molecule has 0 bridgehead atoms. The van der Waals surface area contributed by atoms with Gasteiger partial charge in [-0.05, 0) is 25.8 Å². The number of hydrogen-bond donors (Lipinski definition) is 1. The van der Waals surface area contributed by atoms with Gasteiger partial charge in [-0.25, -0.2) is 4.98 Å². The van der Waals surface area contributed by atoms with Crippen molar-refractivity contribution >= 4 is 11.3 Å². The predicted molar refractivity (Wildman–Crippen MR) is 56.3 cm³/mol. The molecule has 2 nitrogen and oxygen atoms in total. The third-order valence-electron chi connectivity index (χ3n) is 3.07. The summed E-state index contributed by atoms with van der Waals surface area (Å²) in [4.78, 5) is 4.19. The first-order chi connectivity index (χ1) is 7.48. The molecule has 16 heavy (non-hydrogen) atoms. The molecule has 0 radical (unpaired) electrons. The molecular formula is C10H13F3N2S. The third-order valence-corrected chi connectivity index (χ3v) is 4.31. The molecule has 1 aliphatic heterocycles. The van der Waals surface area contributed by atoms with Gasteiger partial charge >= 0.3 is 6.18 Å². The zero-order valence-electron chi connectivity index (χ0n) is 8.90. The summed E-state index contributed by atoms with van der Waals surface area (Å²) >= 11 is 0.762. The molecule has 1 saturated heterocycles. The molecule has 1 aromatic heterocycles. The van der Waals surface area contributed by atoms with E-state index in [9.17, 15) is 13.2 Å². The molecule has 1 aliphatic rings. The lowest BCUT2D eigenvalue weighted by molar-refractivity contribution is -0.137. The fourth-order valence-electron chi connectivity index (χ4n) is 2.12. The monoisotopic (exact) mass is 250 g/mol. The summed E-state index contributed by atoms with van der Waals surface area (Å²) in [5.41, 5.74) is -0.277. The average molecular weight is 250 g/mol. The summed E-state index contributed by atoms with van der Waals surface area (Å²) in [6.07, 6.45) is -0.256. The Kier molecular flexibility index (Phi) is 2.96. The normalized spacial score (nSPS) is 26.2. The van der Waals surface area contributed by atoms with Crippen molar-refractivity contribution < 1.29 is 13.2 Å². The van der Waals surface area contributed by atoms with Crippen LogP contribution >= 0.6 is 11.3 Å². The van der Waals surface area contributed by atoms with E-state index < -0.39 is 11.2 Å². The molecule has 1 unspecified atom stereocenters. The van der Waals surface area contributed by atoms with E-state index >= 15 is 0 Å². The quantitative estimate of drug-likeness (QED) is 0.872. The number of halogens is 3. The smallest absolute Gasteiger partial charge is 0.307 e. The van der Waals surface area contributed by atoms with E-state index in [0.717, 1.165) is 37.1 Å². The van der Waals surface area contributed by atoms with E-state index in [2.05, 4.69) is 10.3 Å². The average Bonchev–Trinajstić information content (AvgIpc) is 2.86. The summed E-state index contributed by atoms with van der Waals surface area (Å²) < 4.78 is 37.3. The van der Waals surface area contributed by atoms with Crippen LogP contribution in [-0.2, 0) is 11.7 Å². The summed E-state index contributed by atoms with van der Waals surface area (Å²) in [5.74, 6) is 0. The zero-order valence-corrected chi connectivity index (χ0v) is 9.71. The van der Waals surface area contributed by atoms with Crippen molar-refractivity contribution in [3.63, 3.8) is 0 Å². The highest BCUT2D eigenvalue weighted by Crippen LogP contribution is 2.40. The minimum Gasteiger partial charge on any atom is -0.307 e. The zero-order chi connectivity index (χ0) is 11.8. The van der Waals surface area contributed by atoms with Gasteiger partial charge in [0.15, 0.2) is 5.01 Å². The maximum Gasteiger partial charge on any atom is 0.443 e. The summed E-state index contributed by atoms with van der Waals surface area (Å²) in [6, 6.07) is 0. The highest BCUT2D eigenvalue weighted by atomic mass is 32.1. The summed E-state index contributed by atoms with van der Waals surface area (Å²) in [5, 5.41) is 2.56. The van der Waals surface area contributed by atoms with Crippen molar-refractivity contribution in [3.05, 3.63) is 16.1 Å². The first-order valence-corrected chi connectivity index (χ1v) is 6.08. The maximum absolute atomic E-state index is 12.4. The molecular weight excluding hydrogens is 237 g/mol. The molecule has 90 valence electrons. The molecule has 0 spiro atoms. The van der Waals surface area contributed by atoms with Crippen LogP contribution in [0.3, 0.4) is 0 Å². The lowest BCUT2D eigenvalue weighted by atomic mass is 9.93. The lowest BCUT2D eigenvalue weighted by Gasteiger charge is -2.26. The molecule has 1 fully saturated rings. The van der Waals surface area contributed by atoms with Crippen LogP contribution in [0, 0.1) is 0 Å². The minimum absolute atomic E-state index is 0.277. The number of thiazole rings is 1. The maximum atomic E-state index is 12.4. The van der Waals surface area contributed by atoms with E-state index in [1.165, 1.54) is 6.20 Å². The van der Waals surface area contributed by atoms with Gasteiger partial charge < -0.3 is 5.32 Å². The van der Waals surface area contributed by atoms with Gasteiger partial charge in [0.1, 0.15) is 0 Å². The molecule has 0 saturated carbocycles. The van der Waals surface area contributed by atoms with Gasteiger partial charge in [0.25, 0.3) is 0 Å². The Balaban J connectivity index is 2.30. The van der Waals surface area contributed by atoms with Crippen molar-refractivity contribution in [1.29, 1.82) is 0 Å². The van der Waals surface area contributed by atoms with Gasteiger partial charge in [-0.3, -0.25) is 0 Å². The standard InChI is InChI=1S/C10H13F3N2S/c1-2-9(4-3-5-15-9)7-6-14-8(16-7)10(11,12)13/h6,15H,2-5H2,1H3. The van der Waals surface area contributed by atoms with E-state index in [0.29, 0.717) is 4.88 Å². The fraction of sp³-hybridized carbons (Fsp3) is 0.700. The van der Waals surface area contributed by atoms with Crippen LogP contribution in [0.1, 0.15) is 36.1 Å². The Labute approximate surface area is 95.9 Å². The van der Waals surface area contributed by atoms with Crippen molar-refractivity contribution in [3.8, 4) is 0 Å². The van der Waals surface area contributed by atoms with Crippen LogP contribution < -0.4 is 5.32 Å². The van der Waals surface area contributed by atoms with Crippen LogP contribution in [0.4, 0.5) is 13.2 Å². The van der Waals surface area contributed by atoms with Crippen LogP contribution in [-0.4, -0.2) is 11.5 Å². The number of nitrogens with one attached hydrogen (secondary N) is 1. The number of rotatable bonds is 2.